The van der Waals surface area contributed by atoms with Crippen LogP contribution in [0, 0.1) is 0 Å². The first-order chi connectivity index (χ1) is 13.9. The van der Waals surface area contributed by atoms with E-state index in [-0.39, 0.29) is 23.7 Å². The normalized spacial score (nSPS) is 17.4. The molecule has 2 aromatic rings. The van der Waals surface area contributed by atoms with Crippen molar-refractivity contribution in [1.82, 2.24) is 9.88 Å². The number of nitrogens with two attached hydrogens (primary N) is 1. The number of hydrogen-bond donors (Lipinski definition) is 2. The summed E-state index contributed by atoms with van der Waals surface area (Å²) in [5.41, 5.74) is 7.44. The van der Waals surface area contributed by atoms with Crippen molar-refractivity contribution < 1.29 is 24.2 Å². The average Bonchev–Trinajstić information content (AvgIpc) is 3.34. The Morgan fingerprint density at radius 3 is 2.83 bits per heavy atom. The summed E-state index contributed by atoms with van der Waals surface area (Å²) in [6, 6.07) is 5.11. The lowest BCUT2D eigenvalue weighted by atomic mass is 9.98. The summed E-state index contributed by atoms with van der Waals surface area (Å²) in [7, 11) is 3.15. The largest absolute Gasteiger partial charge is 0.493 e. The fourth-order valence-electron chi connectivity index (χ4n) is 3.36. The number of aromatic carboxylic acids is 1. The quantitative estimate of drug-likeness (QED) is 0.576. The van der Waals surface area contributed by atoms with Gasteiger partial charge < -0.3 is 25.2 Å². The molecule has 1 saturated heterocycles. The van der Waals surface area contributed by atoms with E-state index in [1.807, 2.05) is 23.1 Å². The van der Waals surface area contributed by atoms with Gasteiger partial charge in [-0.3, -0.25) is 4.79 Å². The maximum absolute atomic E-state index is 12.4. The lowest BCUT2D eigenvalue weighted by molar-refractivity contribution is -0.128. The second kappa shape index (κ2) is 9.47. The highest BCUT2D eigenvalue weighted by Crippen LogP contribution is 2.34. The van der Waals surface area contributed by atoms with Crippen molar-refractivity contribution >= 4 is 35.0 Å². The Hall–Kier alpha value is -2.30. The molecule has 2 atom stereocenters. The highest BCUT2D eigenvalue weighted by molar-refractivity contribution is 8.01. The van der Waals surface area contributed by atoms with Gasteiger partial charge in [0.05, 0.1) is 26.3 Å². The summed E-state index contributed by atoms with van der Waals surface area (Å²) in [5, 5.41) is 10.5. The van der Waals surface area contributed by atoms with Crippen molar-refractivity contribution in [3.8, 4) is 11.5 Å². The Morgan fingerprint density at radius 2 is 2.17 bits per heavy atom. The van der Waals surface area contributed by atoms with Crippen molar-refractivity contribution in [2.75, 3.05) is 26.5 Å². The van der Waals surface area contributed by atoms with E-state index in [0.29, 0.717) is 41.0 Å². The van der Waals surface area contributed by atoms with Crippen molar-refractivity contribution in [2.45, 2.75) is 29.3 Å². The van der Waals surface area contributed by atoms with E-state index in [2.05, 4.69) is 4.98 Å². The van der Waals surface area contributed by atoms with Gasteiger partial charge in [0.15, 0.2) is 21.5 Å². The molecule has 1 aromatic carbocycles. The van der Waals surface area contributed by atoms with Crippen LogP contribution in [0.5, 0.6) is 11.5 Å². The third kappa shape index (κ3) is 4.82. The first-order valence-corrected chi connectivity index (χ1v) is 10.9. The summed E-state index contributed by atoms with van der Waals surface area (Å²) in [6.07, 6.45) is 1.16. The second-order valence-electron chi connectivity index (χ2n) is 6.49. The maximum atomic E-state index is 12.4. The zero-order chi connectivity index (χ0) is 21.0. The summed E-state index contributed by atoms with van der Waals surface area (Å²) in [4.78, 5) is 29.2. The first-order valence-electron chi connectivity index (χ1n) is 9.03. The van der Waals surface area contributed by atoms with Crippen LogP contribution in [0.2, 0.25) is 0 Å². The van der Waals surface area contributed by atoms with Gasteiger partial charge in [-0.1, -0.05) is 17.8 Å². The van der Waals surface area contributed by atoms with E-state index in [0.717, 1.165) is 5.56 Å². The molecule has 0 spiro atoms. The molecule has 1 aliphatic heterocycles. The zero-order valence-electron chi connectivity index (χ0n) is 16.2. The van der Waals surface area contributed by atoms with Gasteiger partial charge in [-0.05, 0) is 24.1 Å². The fourth-order valence-corrected chi connectivity index (χ4v) is 5.16. The highest BCUT2D eigenvalue weighted by Gasteiger charge is 2.35. The van der Waals surface area contributed by atoms with Crippen LogP contribution in [0.4, 0.5) is 0 Å². The Morgan fingerprint density at radius 1 is 1.41 bits per heavy atom. The SMILES string of the molecule is COc1ccc(C(N)[C@H]2CCC(=O)N2CCSc2nc(C(=O)O)cs2)cc1OC. The number of carboxylic acids is 1. The Balaban J connectivity index is 1.65. The monoisotopic (exact) mass is 437 g/mol. The lowest BCUT2D eigenvalue weighted by Crippen LogP contribution is -2.41. The molecular weight excluding hydrogens is 414 g/mol. The molecule has 29 heavy (non-hydrogen) atoms. The second-order valence-corrected chi connectivity index (χ2v) is 8.69. The molecule has 0 aliphatic carbocycles. The Labute approximate surface area is 177 Å². The zero-order valence-corrected chi connectivity index (χ0v) is 17.8. The number of carbonyl (C=O) groups is 2. The van der Waals surface area contributed by atoms with E-state index in [4.69, 9.17) is 20.3 Å². The predicted molar refractivity (Wildman–Crippen MR) is 111 cm³/mol. The number of methoxy groups -OCH3 is 2. The summed E-state index contributed by atoms with van der Waals surface area (Å²) in [5.74, 6) is 0.891. The van der Waals surface area contributed by atoms with E-state index < -0.39 is 5.97 Å². The van der Waals surface area contributed by atoms with E-state index in [1.165, 1.54) is 28.5 Å². The average molecular weight is 438 g/mol. The van der Waals surface area contributed by atoms with Gasteiger partial charge in [-0.2, -0.15) is 0 Å². The van der Waals surface area contributed by atoms with Crippen LogP contribution in [-0.4, -0.2) is 59.4 Å². The van der Waals surface area contributed by atoms with Gasteiger partial charge in [-0.25, -0.2) is 9.78 Å². The number of rotatable bonds is 9. The number of hydrogen-bond acceptors (Lipinski definition) is 8. The predicted octanol–water partition coefficient (Wildman–Crippen LogP) is 2.64. The highest BCUT2D eigenvalue weighted by atomic mass is 32.2. The van der Waals surface area contributed by atoms with Gasteiger partial charge in [-0.15, -0.1) is 11.3 Å². The van der Waals surface area contributed by atoms with Crippen LogP contribution in [0.15, 0.2) is 27.9 Å². The summed E-state index contributed by atoms with van der Waals surface area (Å²) < 4.78 is 11.3. The molecule has 1 amide bonds. The van der Waals surface area contributed by atoms with Crippen LogP contribution in [0.3, 0.4) is 0 Å². The van der Waals surface area contributed by atoms with E-state index in [1.54, 1.807) is 14.2 Å². The molecule has 0 saturated carbocycles. The molecule has 0 bridgehead atoms. The van der Waals surface area contributed by atoms with Gasteiger partial charge in [0.25, 0.3) is 0 Å². The molecule has 3 rings (SSSR count). The van der Waals surface area contributed by atoms with Crippen molar-refractivity contribution in [2.24, 2.45) is 5.73 Å². The number of ether oxygens (including phenoxy) is 2. The molecule has 10 heteroatoms. The van der Waals surface area contributed by atoms with Crippen molar-refractivity contribution in [1.29, 1.82) is 0 Å². The van der Waals surface area contributed by atoms with Crippen LogP contribution >= 0.6 is 23.1 Å². The fraction of sp³-hybridized carbons (Fsp3) is 0.421. The minimum atomic E-state index is -1.04. The van der Waals surface area contributed by atoms with Crippen molar-refractivity contribution in [3.63, 3.8) is 0 Å². The van der Waals surface area contributed by atoms with Gasteiger partial charge in [0, 0.05) is 24.1 Å². The van der Waals surface area contributed by atoms with Crippen molar-refractivity contribution in [3.05, 3.63) is 34.8 Å². The number of carbonyl (C=O) groups excluding carboxylic acids is 1. The molecule has 3 N–H and O–H groups in total. The minimum absolute atomic E-state index is 0.0445. The number of carboxylic acid groups (broad SMARTS) is 1. The van der Waals surface area contributed by atoms with Crippen LogP contribution in [0.1, 0.15) is 34.9 Å². The third-order valence-corrected chi connectivity index (χ3v) is 6.84. The molecule has 2 heterocycles. The standard InChI is InChI=1S/C19H23N3O5S2/c1-26-14-5-3-11(9-15(14)27-2)17(20)13-4-6-16(23)22(13)7-8-28-19-21-12(10-29-19)18(24)25/h3,5,9-10,13,17H,4,6-8,20H2,1-2H3,(H,24,25)/t13-,17?/m1/s1. The third-order valence-electron chi connectivity index (χ3n) is 4.84. The Kier molecular flexibility index (Phi) is 6.99. The Bertz CT molecular complexity index is 888. The number of thiazole rings is 1. The molecule has 0 radical (unpaired) electrons. The molecular formula is C19H23N3O5S2. The molecule has 1 unspecified atom stereocenters. The molecule has 1 aromatic heterocycles. The lowest BCUT2D eigenvalue weighted by Gasteiger charge is -2.30. The van der Waals surface area contributed by atoms with E-state index in [9.17, 15) is 9.59 Å². The van der Waals surface area contributed by atoms with E-state index >= 15 is 0 Å². The minimum Gasteiger partial charge on any atom is -0.493 e. The number of thioether (sulfide) groups is 1. The maximum Gasteiger partial charge on any atom is 0.355 e. The number of benzene rings is 1. The van der Waals surface area contributed by atoms with Crippen LogP contribution < -0.4 is 15.2 Å². The van der Waals surface area contributed by atoms with Crippen LogP contribution in [0.25, 0.3) is 0 Å². The molecule has 156 valence electrons. The smallest absolute Gasteiger partial charge is 0.355 e. The van der Waals surface area contributed by atoms with Gasteiger partial charge in [0.1, 0.15) is 0 Å². The molecule has 1 fully saturated rings. The van der Waals surface area contributed by atoms with Gasteiger partial charge in [0.2, 0.25) is 5.91 Å². The summed E-state index contributed by atoms with van der Waals surface area (Å²) in [6.45, 7) is 0.525. The number of nitrogens with zero attached hydrogens (tertiary/aromatic N) is 2. The topological polar surface area (TPSA) is 115 Å². The molecule has 8 nitrogen and oxygen atoms in total. The first kappa shape index (κ1) is 21.4. The summed E-state index contributed by atoms with van der Waals surface area (Å²) >= 11 is 2.73. The number of aromatic nitrogens is 1. The number of likely N-dealkylation sites (tertiary alicyclic amines) is 1. The van der Waals surface area contributed by atoms with Crippen LogP contribution in [-0.2, 0) is 4.79 Å². The molecule has 1 aliphatic rings. The van der Waals surface area contributed by atoms with Gasteiger partial charge >= 0.3 is 5.97 Å². The number of amides is 1.